The molecule has 1 unspecified atom stereocenters. The molecule has 25 heavy (non-hydrogen) atoms. The summed E-state index contributed by atoms with van der Waals surface area (Å²) in [6, 6.07) is 17.3. The normalized spacial score (nSPS) is 22.9. The molecule has 130 valence electrons. The lowest BCUT2D eigenvalue weighted by atomic mass is 9.62. The fourth-order valence-corrected chi connectivity index (χ4v) is 4.51. The van der Waals surface area contributed by atoms with E-state index in [1.807, 2.05) is 42.3 Å². The molecule has 0 N–H and O–H groups in total. The summed E-state index contributed by atoms with van der Waals surface area (Å²) in [5, 5.41) is 0. The molecule has 0 aromatic heterocycles. The number of piperidine rings is 1. The molecule has 2 aromatic carbocycles. The maximum atomic E-state index is 13.0. The van der Waals surface area contributed by atoms with Crippen molar-refractivity contribution in [1.82, 2.24) is 9.80 Å². The van der Waals surface area contributed by atoms with Gasteiger partial charge in [-0.3, -0.25) is 9.69 Å². The maximum absolute atomic E-state index is 13.0. The number of nitrogens with zero attached hydrogens (tertiary/aromatic N) is 2. The van der Waals surface area contributed by atoms with Gasteiger partial charge in [0.25, 0.3) is 0 Å². The van der Waals surface area contributed by atoms with Gasteiger partial charge in [0.15, 0.2) is 0 Å². The van der Waals surface area contributed by atoms with Gasteiger partial charge in [-0.15, -0.1) is 0 Å². The zero-order chi connectivity index (χ0) is 17.4. The molecule has 4 heteroatoms. The average molecular weight is 338 g/mol. The third-order valence-corrected chi connectivity index (χ3v) is 5.84. The first kappa shape index (κ1) is 16.3. The molecule has 4 rings (SSSR count). The lowest BCUT2D eigenvalue weighted by molar-refractivity contribution is -0.176. The third-order valence-electron chi connectivity index (χ3n) is 5.84. The van der Waals surface area contributed by atoms with Crippen molar-refractivity contribution >= 4 is 5.91 Å². The Morgan fingerprint density at radius 3 is 2.32 bits per heavy atom. The van der Waals surface area contributed by atoms with Crippen LogP contribution in [-0.4, -0.2) is 35.8 Å². The predicted octanol–water partition coefficient (Wildman–Crippen LogP) is 3.62. The number of carbonyl (C=O) groups is 1. The maximum Gasteiger partial charge on any atom is 0.231 e. The summed E-state index contributed by atoms with van der Waals surface area (Å²) in [6.07, 6.45) is 1.77. The van der Waals surface area contributed by atoms with E-state index in [1.54, 1.807) is 0 Å². The van der Waals surface area contributed by atoms with Gasteiger partial charge in [0.1, 0.15) is 5.82 Å². The van der Waals surface area contributed by atoms with Crippen molar-refractivity contribution in [3.05, 3.63) is 71.5 Å². The van der Waals surface area contributed by atoms with E-state index in [2.05, 4.69) is 17.0 Å². The molecule has 2 aliphatic rings. The molecule has 0 saturated carbocycles. The van der Waals surface area contributed by atoms with Crippen LogP contribution in [0, 0.1) is 11.2 Å². The number of amides is 1. The number of benzene rings is 2. The summed E-state index contributed by atoms with van der Waals surface area (Å²) in [6.45, 7) is 2.62. The Balaban J connectivity index is 1.46. The first-order chi connectivity index (χ1) is 12.1. The standard InChI is InChI=1S/C21H23FN2O/c1-23-19(17-5-3-2-4-6-17)21(20(23)25)11-13-24(14-12-21)15-16-7-9-18(22)10-8-16/h2-10,19H,11-15H2,1H3. The van der Waals surface area contributed by atoms with Crippen LogP contribution in [-0.2, 0) is 11.3 Å². The van der Waals surface area contributed by atoms with Crippen LogP contribution in [0.1, 0.15) is 30.0 Å². The quantitative estimate of drug-likeness (QED) is 0.798. The van der Waals surface area contributed by atoms with Crippen LogP contribution < -0.4 is 0 Å². The second-order valence-electron chi connectivity index (χ2n) is 7.29. The molecule has 0 bridgehead atoms. The van der Waals surface area contributed by atoms with Gasteiger partial charge in [-0.2, -0.15) is 0 Å². The minimum atomic E-state index is -0.241. The van der Waals surface area contributed by atoms with Gasteiger partial charge in [0.2, 0.25) is 5.91 Å². The summed E-state index contributed by atoms with van der Waals surface area (Å²) in [4.78, 5) is 17.0. The number of β-lactam (4-membered cyclic amide) rings is 1. The van der Waals surface area contributed by atoms with Crippen LogP contribution in [0.3, 0.4) is 0 Å². The predicted molar refractivity (Wildman–Crippen MR) is 95.3 cm³/mol. The molecule has 1 atom stereocenters. The van der Waals surface area contributed by atoms with Gasteiger partial charge < -0.3 is 4.90 Å². The number of hydrogen-bond acceptors (Lipinski definition) is 2. The van der Waals surface area contributed by atoms with Crippen LogP contribution in [0.4, 0.5) is 4.39 Å². The molecule has 2 aliphatic heterocycles. The van der Waals surface area contributed by atoms with Crippen LogP contribution >= 0.6 is 0 Å². The van der Waals surface area contributed by atoms with Crippen LogP contribution in [0.5, 0.6) is 0 Å². The fraction of sp³-hybridized carbons (Fsp3) is 0.381. The van der Waals surface area contributed by atoms with Gasteiger partial charge in [0.05, 0.1) is 11.5 Å². The molecular formula is C21H23FN2O. The number of halogens is 1. The zero-order valence-corrected chi connectivity index (χ0v) is 14.5. The van der Waals surface area contributed by atoms with Crippen molar-refractivity contribution in [1.29, 1.82) is 0 Å². The van der Waals surface area contributed by atoms with E-state index in [0.29, 0.717) is 0 Å². The molecular weight excluding hydrogens is 315 g/mol. The fourth-order valence-electron chi connectivity index (χ4n) is 4.51. The van der Waals surface area contributed by atoms with E-state index in [9.17, 15) is 9.18 Å². The summed E-state index contributed by atoms with van der Waals surface area (Å²) in [5.74, 6) is 0.0814. The van der Waals surface area contributed by atoms with E-state index < -0.39 is 0 Å². The Labute approximate surface area is 148 Å². The van der Waals surface area contributed by atoms with E-state index in [0.717, 1.165) is 38.0 Å². The largest absolute Gasteiger partial charge is 0.337 e. The lowest BCUT2D eigenvalue weighted by Crippen LogP contribution is -2.64. The SMILES string of the molecule is CN1C(=O)C2(CCN(Cc3ccc(F)cc3)CC2)C1c1ccccc1. The highest BCUT2D eigenvalue weighted by Crippen LogP contribution is 2.55. The summed E-state index contributed by atoms with van der Waals surface area (Å²) >= 11 is 0. The van der Waals surface area contributed by atoms with Gasteiger partial charge in [0, 0.05) is 13.6 Å². The van der Waals surface area contributed by atoms with Crippen molar-refractivity contribution in [3.8, 4) is 0 Å². The highest BCUT2D eigenvalue weighted by atomic mass is 19.1. The molecule has 2 heterocycles. The van der Waals surface area contributed by atoms with Gasteiger partial charge >= 0.3 is 0 Å². The van der Waals surface area contributed by atoms with E-state index in [-0.39, 0.29) is 23.2 Å². The molecule has 1 spiro atoms. The summed E-state index contributed by atoms with van der Waals surface area (Å²) < 4.78 is 13.0. The number of hydrogen-bond donors (Lipinski definition) is 0. The van der Waals surface area contributed by atoms with Crippen molar-refractivity contribution < 1.29 is 9.18 Å². The second-order valence-corrected chi connectivity index (χ2v) is 7.29. The molecule has 0 aliphatic carbocycles. The minimum Gasteiger partial charge on any atom is -0.337 e. The zero-order valence-electron chi connectivity index (χ0n) is 14.5. The summed E-state index contributed by atoms with van der Waals surface area (Å²) in [5.41, 5.74) is 2.11. The van der Waals surface area contributed by atoms with E-state index >= 15 is 0 Å². The Kier molecular flexibility index (Phi) is 4.08. The van der Waals surface area contributed by atoms with Crippen LogP contribution in [0.15, 0.2) is 54.6 Å². The lowest BCUT2D eigenvalue weighted by Gasteiger charge is -2.58. The van der Waals surface area contributed by atoms with Gasteiger partial charge in [-0.25, -0.2) is 4.39 Å². The van der Waals surface area contributed by atoms with Gasteiger partial charge in [-0.05, 0) is 49.2 Å². The van der Waals surface area contributed by atoms with E-state index in [1.165, 1.54) is 17.7 Å². The second kappa shape index (κ2) is 6.26. The first-order valence-corrected chi connectivity index (χ1v) is 8.89. The van der Waals surface area contributed by atoms with Crippen molar-refractivity contribution in [2.75, 3.05) is 20.1 Å². The highest BCUT2D eigenvalue weighted by Gasteiger charge is 2.59. The van der Waals surface area contributed by atoms with Crippen molar-refractivity contribution in [3.63, 3.8) is 0 Å². The monoisotopic (exact) mass is 338 g/mol. The first-order valence-electron chi connectivity index (χ1n) is 8.89. The van der Waals surface area contributed by atoms with E-state index in [4.69, 9.17) is 0 Å². The number of likely N-dealkylation sites (tertiary alicyclic amines) is 2. The number of rotatable bonds is 3. The third kappa shape index (κ3) is 2.74. The van der Waals surface area contributed by atoms with Crippen molar-refractivity contribution in [2.45, 2.75) is 25.4 Å². The van der Waals surface area contributed by atoms with Crippen LogP contribution in [0.2, 0.25) is 0 Å². The Hall–Kier alpha value is -2.20. The number of carbonyl (C=O) groups excluding carboxylic acids is 1. The molecule has 2 fully saturated rings. The molecule has 0 radical (unpaired) electrons. The van der Waals surface area contributed by atoms with Crippen LogP contribution in [0.25, 0.3) is 0 Å². The highest BCUT2D eigenvalue weighted by molar-refractivity contribution is 5.90. The summed E-state index contributed by atoms with van der Waals surface area (Å²) in [7, 11) is 1.91. The molecule has 1 amide bonds. The van der Waals surface area contributed by atoms with Gasteiger partial charge in [-0.1, -0.05) is 42.5 Å². The minimum absolute atomic E-state index is 0.189. The molecule has 2 aromatic rings. The smallest absolute Gasteiger partial charge is 0.231 e. The topological polar surface area (TPSA) is 23.6 Å². The molecule has 2 saturated heterocycles. The Morgan fingerprint density at radius 1 is 1.04 bits per heavy atom. The van der Waals surface area contributed by atoms with Crippen molar-refractivity contribution in [2.24, 2.45) is 5.41 Å². The Morgan fingerprint density at radius 2 is 1.68 bits per heavy atom. The molecule has 3 nitrogen and oxygen atoms in total. The Bertz CT molecular complexity index is 751. The average Bonchev–Trinajstić information content (AvgIpc) is 2.65.